The van der Waals surface area contributed by atoms with E-state index in [0.29, 0.717) is 13.0 Å². The van der Waals surface area contributed by atoms with E-state index < -0.39 is 0 Å². The van der Waals surface area contributed by atoms with Crippen LogP contribution in [0.3, 0.4) is 0 Å². The number of ether oxygens (including phenoxy) is 1. The summed E-state index contributed by atoms with van der Waals surface area (Å²) in [5, 5.41) is 0.956. The minimum Gasteiger partial charge on any atom is -0.463 e. The molecule has 3 rings (SSSR count). The van der Waals surface area contributed by atoms with Gasteiger partial charge in [0.05, 0.1) is 0 Å². The molecule has 0 amide bonds. The van der Waals surface area contributed by atoms with Gasteiger partial charge in [-0.25, -0.2) is 0 Å². The molecular weight excluding hydrogens is 266 g/mol. The average molecular weight is 281 g/mol. The Kier molecular flexibility index (Phi) is 3.71. The van der Waals surface area contributed by atoms with Gasteiger partial charge in [0.1, 0.15) is 18.0 Å². The average Bonchev–Trinajstić information content (AvgIpc) is 2.91. The SMILES string of the molecule is NCc1ccc(-c2oc3ccccc3c2COC=O)cc1. The summed E-state index contributed by atoms with van der Waals surface area (Å²) in [6.07, 6.45) is 0. The highest BCUT2D eigenvalue weighted by molar-refractivity contribution is 5.87. The molecular formula is C17H15NO3. The largest absolute Gasteiger partial charge is 0.463 e. The lowest BCUT2D eigenvalue weighted by atomic mass is 10.0. The lowest BCUT2D eigenvalue weighted by molar-refractivity contribution is -0.129. The lowest BCUT2D eigenvalue weighted by Crippen LogP contribution is -1.95. The Morgan fingerprint density at radius 2 is 1.86 bits per heavy atom. The Labute approximate surface area is 122 Å². The maximum Gasteiger partial charge on any atom is 0.293 e. The number of furan rings is 1. The van der Waals surface area contributed by atoms with E-state index in [9.17, 15) is 4.79 Å². The normalized spacial score (nSPS) is 10.7. The van der Waals surface area contributed by atoms with Crippen LogP contribution in [0, 0.1) is 0 Å². The highest BCUT2D eigenvalue weighted by atomic mass is 16.5. The van der Waals surface area contributed by atoms with E-state index in [0.717, 1.165) is 33.4 Å². The number of para-hydroxylation sites is 1. The topological polar surface area (TPSA) is 65.5 Å². The number of rotatable bonds is 5. The maximum atomic E-state index is 10.5. The highest BCUT2D eigenvalue weighted by Gasteiger charge is 2.15. The van der Waals surface area contributed by atoms with Gasteiger partial charge in [-0.2, -0.15) is 0 Å². The van der Waals surface area contributed by atoms with E-state index >= 15 is 0 Å². The van der Waals surface area contributed by atoms with Crippen LogP contribution in [0.5, 0.6) is 0 Å². The van der Waals surface area contributed by atoms with Gasteiger partial charge in [0.2, 0.25) is 0 Å². The smallest absolute Gasteiger partial charge is 0.293 e. The van der Waals surface area contributed by atoms with E-state index in [4.69, 9.17) is 14.9 Å². The summed E-state index contributed by atoms with van der Waals surface area (Å²) in [7, 11) is 0. The standard InChI is InChI=1S/C17H15NO3/c18-9-12-5-7-13(8-6-12)17-15(10-20-11-19)14-3-1-2-4-16(14)21-17/h1-8,11H,9-10,18H2. The van der Waals surface area contributed by atoms with Crippen molar-refractivity contribution in [1.29, 1.82) is 0 Å². The summed E-state index contributed by atoms with van der Waals surface area (Å²) in [5.41, 5.74) is 9.26. The van der Waals surface area contributed by atoms with Crippen LogP contribution in [0.2, 0.25) is 0 Å². The molecule has 0 spiro atoms. The molecule has 3 aromatic rings. The molecule has 2 N–H and O–H groups in total. The van der Waals surface area contributed by atoms with Gasteiger partial charge in [0.25, 0.3) is 6.47 Å². The fraction of sp³-hybridized carbons (Fsp3) is 0.118. The molecule has 0 saturated carbocycles. The number of benzene rings is 2. The molecule has 0 aliphatic rings. The van der Waals surface area contributed by atoms with E-state index in [-0.39, 0.29) is 6.61 Å². The van der Waals surface area contributed by atoms with Crippen molar-refractivity contribution in [2.75, 3.05) is 0 Å². The summed E-state index contributed by atoms with van der Waals surface area (Å²) in [6, 6.07) is 15.6. The first kappa shape index (κ1) is 13.4. The van der Waals surface area contributed by atoms with Crippen LogP contribution < -0.4 is 5.73 Å². The molecule has 0 radical (unpaired) electrons. The zero-order valence-electron chi connectivity index (χ0n) is 11.4. The van der Waals surface area contributed by atoms with Crippen LogP contribution >= 0.6 is 0 Å². The van der Waals surface area contributed by atoms with E-state index in [1.54, 1.807) is 0 Å². The number of carbonyl (C=O) groups is 1. The maximum absolute atomic E-state index is 10.5. The van der Waals surface area contributed by atoms with Gasteiger partial charge < -0.3 is 14.9 Å². The molecule has 106 valence electrons. The third-order valence-corrected chi connectivity index (χ3v) is 3.45. The molecule has 0 aliphatic heterocycles. The van der Waals surface area contributed by atoms with Gasteiger partial charge in [0.15, 0.2) is 0 Å². The Hall–Kier alpha value is -2.59. The number of carbonyl (C=O) groups excluding carboxylic acids is 1. The first-order valence-corrected chi connectivity index (χ1v) is 6.68. The van der Waals surface area contributed by atoms with Crippen molar-refractivity contribution in [2.45, 2.75) is 13.2 Å². The zero-order chi connectivity index (χ0) is 14.7. The summed E-state index contributed by atoms with van der Waals surface area (Å²) < 4.78 is 10.9. The van der Waals surface area contributed by atoms with Gasteiger partial charge in [-0.15, -0.1) is 0 Å². The van der Waals surface area contributed by atoms with Crippen LogP contribution in [-0.2, 0) is 22.7 Å². The van der Waals surface area contributed by atoms with Crippen molar-refractivity contribution >= 4 is 17.4 Å². The van der Waals surface area contributed by atoms with Gasteiger partial charge in [-0.1, -0.05) is 42.5 Å². The fourth-order valence-corrected chi connectivity index (χ4v) is 2.38. The van der Waals surface area contributed by atoms with Gasteiger partial charge in [0, 0.05) is 23.1 Å². The molecule has 4 nitrogen and oxygen atoms in total. The van der Waals surface area contributed by atoms with Crippen molar-refractivity contribution in [3.63, 3.8) is 0 Å². The molecule has 0 fully saturated rings. The van der Waals surface area contributed by atoms with Crippen molar-refractivity contribution in [3.05, 3.63) is 59.7 Å². The molecule has 0 aliphatic carbocycles. The summed E-state index contributed by atoms with van der Waals surface area (Å²) in [4.78, 5) is 10.5. The number of hydrogen-bond acceptors (Lipinski definition) is 4. The van der Waals surface area contributed by atoms with Crippen LogP contribution in [0.4, 0.5) is 0 Å². The zero-order valence-corrected chi connectivity index (χ0v) is 11.4. The molecule has 4 heteroatoms. The number of fused-ring (bicyclic) bond motifs is 1. The predicted octanol–water partition coefficient (Wildman–Crippen LogP) is 3.23. The highest BCUT2D eigenvalue weighted by Crippen LogP contribution is 2.34. The van der Waals surface area contributed by atoms with Gasteiger partial charge >= 0.3 is 0 Å². The van der Waals surface area contributed by atoms with Crippen molar-refractivity contribution in [2.24, 2.45) is 5.73 Å². The van der Waals surface area contributed by atoms with E-state index in [2.05, 4.69) is 0 Å². The van der Waals surface area contributed by atoms with Crippen LogP contribution in [0.1, 0.15) is 11.1 Å². The lowest BCUT2D eigenvalue weighted by Gasteiger charge is -2.03. The molecule has 1 heterocycles. The Morgan fingerprint density at radius 1 is 1.10 bits per heavy atom. The minimum absolute atomic E-state index is 0.189. The molecule has 21 heavy (non-hydrogen) atoms. The Bertz CT molecular complexity index is 759. The number of hydrogen-bond donors (Lipinski definition) is 1. The monoisotopic (exact) mass is 281 g/mol. The second kappa shape index (κ2) is 5.81. The quantitative estimate of drug-likeness (QED) is 0.729. The van der Waals surface area contributed by atoms with E-state index in [1.165, 1.54) is 0 Å². The van der Waals surface area contributed by atoms with Crippen molar-refractivity contribution < 1.29 is 13.9 Å². The van der Waals surface area contributed by atoms with Gasteiger partial charge in [-0.3, -0.25) is 4.79 Å². The molecule has 2 aromatic carbocycles. The predicted molar refractivity (Wildman–Crippen MR) is 80.4 cm³/mol. The summed E-state index contributed by atoms with van der Waals surface area (Å²) in [6.45, 7) is 1.14. The third kappa shape index (κ3) is 2.53. The molecule has 1 aromatic heterocycles. The van der Waals surface area contributed by atoms with Gasteiger partial charge in [-0.05, 0) is 11.6 Å². The second-order valence-electron chi connectivity index (χ2n) is 4.71. The first-order valence-electron chi connectivity index (χ1n) is 6.68. The second-order valence-corrected chi connectivity index (χ2v) is 4.71. The van der Waals surface area contributed by atoms with Crippen molar-refractivity contribution in [1.82, 2.24) is 0 Å². The van der Waals surface area contributed by atoms with Crippen LogP contribution in [0.25, 0.3) is 22.3 Å². The third-order valence-electron chi connectivity index (χ3n) is 3.45. The Balaban J connectivity index is 2.12. The molecule has 0 unspecified atom stereocenters. The fourth-order valence-electron chi connectivity index (χ4n) is 2.38. The van der Waals surface area contributed by atoms with Crippen LogP contribution in [-0.4, -0.2) is 6.47 Å². The minimum atomic E-state index is 0.189. The molecule has 0 saturated heterocycles. The van der Waals surface area contributed by atoms with Crippen LogP contribution in [0.15, 0.2) is 52.9 Å². The van der Waals surface area contributed by atoms with Crippen molar-refractivity contribution in [3.8, 4) is 11.3 Å². The Morgan fingerprint density at radius 3 is 2.57 bits per heavy atom. The molecule has 0 atom stereocenters. The first-order chi connectivity index (χ1) is 10.3. The number of nitrogens with two attached hydrogens (primary N) is 1. The summed E-state index contributed by atoms with van der Waals surface area (Å²) in [5.74, 6) is 0.724. The molecule has 0 bridgehead atoms. The van der Waals surface area contributed by atoms with E-state index in [1.807, 2.05) is 48.5 Å². The summed E-state index contributed by atoms with van der Waals surface area (Å²) >= 11 is 0.